The number of nitrogens with one attached hydrogen (secondary N) is 1. The number of hydrogen-bond acceptors (Lipinski definition) is 4. The van der Waals surface area contributed by atoms with E-state index >= 15 is 0 Å². The number of benzene rings is 1. The highest BCUT2D eigenvalue weighted by Crippen LogP contribution is 2.28. The third kappa shape index (κ3) is 5.23. The highest BCUT2D eigenvalue weighted by molar-refractivity contribution is 7.13. The van der Waals surface area contributed by atoms with E-state index in [0.717, 1.165) is 11.3 Å². The number of carbonyl (C=O) groups is 1. The second-order valence-corrected chi connectivity index (χ2v) is 6.77. The van der Waals surface area contributed by atoms with Gasteiger partial charge in [-0.05, 0) is 43.7 Å². The van der Waals surface area contributed by atoms with Crippen molar-refractivity contribution in [2.45, 2.75) is 26.4 Å². The smallest absolute Gasteiger partial charge is 0.280 e. The van der Waals surface area contributed by atoms with Crippen LogP contribution in [0.5, 0.6) is 5.75 Å². The molecule has 1 amide bonds. The summed E-state index contributed by atoms with van der Waals surface area (Å²) in [5, 5.41) is 4.80. The third-order valence-electron chi connectivity index (χ3n) is 2.96. The number of nitrogens with zero attached hydrogens (tertiary/aromatic N) is 1. The molecular weight excluding hydrogens is 355 g/mol. The lowest BCUT2D eigenvalue weighted by Gasteiger charge is -2.14. The van der Waals surface area contributed by atoms with Gasteiger partial charge in [-0.2, -0.15) is 5.10 Å². The van der Waals surface area contributed by atoms with Gasteiger partial charge in [0, 0.05) is 14.8 Å². The number of ether oxygens (including phenoxy) is 1. The molecule has 1 aromatic carbocycles. The van der Waals surface area contributed by atoms with Crippen LogP contribution in [0.15, 0.2) is 35.4 Å². The summed E-state index contributed by atoms with van der Waals surface area (Å²) >= 11 is 13.5. The van der Waals surface area contributed by atoms with Crippen LogP contribution in [0.25, 0.3) is 0 Å². The van der Waals surface area contributed by atoms with Crippen LogP contribution in [0, 0.1) is 0 Å². The maximum atomic E-state index is 12.0. The Morgan fingerprint density at radius 3 is 2.83 bits per heavy atom. The molecule has 2 rings (SSSR count). The molecule has 122 valence electrons. The molecule has 0 radical (unpaired) electrons. The summed E-state index contributed by atoms with van der Waals surface area (Å²) in [4.78, 5) is 14.2. The summed E-state index contributed by atoms with van der Waals surface area (Å²) in [7, 11) is 0. The standard InChI is InChI=1S/C16H16Cl2N2O2S/c1-3-12-5-6-13(23-12)9-19-20-16(21)10(2)22-15-7-4-11(17)8-14(15)18/h4-10H,3H2,1-2H3,(H,20,21)/b19-9+. The van der Waals surface area contributed by atoms with Gasteiger partial charge in [0.25, 0.3) is 5.91 Å². The summed E-state index contributed by atoms with van der Waals surface area (Å²) in [6.07, 6.45) is 1.86. The van der Waals surface area contributed by atoms with Gasteiger partial charge in [0.05, 0.1) is 11.2 Å². The zero-order valence-corrected chi connectivity index (χ0v) is 15.0. The van der Waals surface area contributed by atoms with Crippen molar-refractivity contribution in [1.29, 1.82) is 0 Å². The molecule has 0 saturated heterocycles. The van der Waals surface area contributed by atoms with E-state index in [1.54, 1.807) is 42.7 Å². The van der Waals surface area contributed by atoms with Gasteiger partial charge in [0.15, 0.2) is 6.10 Å². The predicted molar refractivity (Wildman–Crippen MR) is 96.0 cm³/mol. The van der Waals surface area contributed by atoms with Crippen molar-refractivity contribution in [3.05, 3.63) is 50.1 Å². The van der Waals surface area contributed by atoms with Crippen LogP contribution in [0.2, 0.25) is 10.0 Å². The lowest BCUT2D eigenvalue weighted by Crippen LogP contribution is -2.33. The molecule has 0 fully saturated rings. The molecule has 0 bridgehead atoms. The number of hydrogen-bond donors (Lipinski definition) is 1. The van der Waals surface area contributed by atoms with E-state index in [9.17, 15) is 4.79 Å². The second-order valence-electron chi connectivity index (χ2n) is 4.73. The van der Waals surface area contributed by atoms with E-state index in [-0.39, 0.29) is 5.91 Å². The Morgan fingerprint density at radius 1 is 1.39 bits per heavy atom. The molecule has 0 spiro atoms. The van der Waals surface area contributed by atoms with Gasteiger partial charge in [0.2, 0.25) is 0 Å². The zero-order chi connectivity index (χ0) is 16.8. The van der Waals surface area contributed by atoms with E-state index in [4.69, 9.17) is 27.9 Å². The van der Waals surface area contributed by atoms with E-state index in [1.807, 2.05) is 12.1 Å². The Morgan fingerprint density at radius 2 is 2.17 bits per heavy atom. The SMILES string of the molecule is CCc1ccc(/C=N/NC(=O)C(C)Oc2ccc(Cl)cc2Cl)s1. The molecule has 7 heteroatoms. The molecule has 0 saturated carbocycles. The topological polar surface area (TPSA) is 50.7 Å². The van der Waals surface area contributed by atoms with Crippen molar-refractivity contribution < 1.29 is 9.53 Å². The normalized spacial score (nSPS) is 12.3. The van der Waals surface area contributed by atoms with Crippen LogP contribution in [0.3, 0.4) is 0 Å². The molecular formula is C16H16Cl2N2O2S. The largest absolute Gasteiger partial charge is 0.479 e. The first kappa shape index (κ1) is 17.8. The molecule has 1 N–H and O–H groups in total. The number of hydrazone groups is 1. The van der Waals surface area contributed by atoms with Crippen LogP contribution in [0.4, 0.5) is 0 Å². The van der Waals surface area contributed by atoms with Crippen molar-refractivity contribution in [2.24, 2.45) is 5.10 Å². The molecule has 1 aromatic heterocycles. The second kappa shape index (κ2) is 8.34. The monoisotopic (exact) mass is 370 g/mol. The van der Waals surface area contributed by atoms with Crippen LogP contribution in [-0.4, -0.2) is 18.2 Å². The van der Waals surface area contributed by atoms with Gasteiger partial charge in [-0.25, -0.2) is 5.43 Å². The Bertz CT molecular complexity index is 716. The molecule has 0 aliphatic carbocycles. The Hall–Kier alpha value is -1.56. The third-order valence-corrected chi connectivity index (χ3v) is 4.66. The minimum atomic E-state index is -0.736. The average molecular weight is 371 g/mol. The summed E-state index contributed by atoms with van der Waals surface area (Å²) in [6, 6.07) is 8.83. The molecule has 1 unspecified atom stereocenters. The van der Waals surface area contributed by atoms with Crippen LogP contribution >= 0.6 is 34.5 Å². The maximum Gasteiger partial charge on any atom is 0.280 e. The van der Waals surface area contributed by atoms with Gasteiger partial charge < -0.3 is 4.74 Å². The number of carbonyl (C=O) groups excluding carboxylic acids is 1. The van der Waals surface area contributed by atoms with Gasteiger partial charge in [0.1, 0.15) is 5.75 Å². The van der Waals surface area contributed by atoms with E-state index in [0.29, 0.717) is 15.8 Å². The molecule has 2 aromatic rings. The van der Waals surface area contributed by atoms with Gasteiger partial charge in [-0.1, -0.05) is 30.1 Å². The Labute approximate surface area is 149 Å². The highest BCUT2D eigenvalue weighted by atomic mass is 35.5. The van der Waals surface area contributed by atoms with Crippen LogP contribution in [0.1, 0.15) is 23.6 Å². The number of halogens is 2. The van der Waals surface area contributed by atoms with Crippen molar-refractivity contribution in [3.8, 4) is 5.75 Å². The minimum absolute atomic E-state index is 0.353. The van der Waals surface area contributed by atoms with Gasteiger partial charge in [-0.3, -0.25) is 4.79 Å². The maximum absolute atomic E-state index is 12.0. The molecule has 1 heterocycles. The van der Waals surface area contributed by atoms with Crippen LogP contribution in [-0.2, 0) is 11.2 Å². The summed E-state index contributed by atoms with van der Waals surface area (Å²) in [5.74, 6) is 0.0353. The highest BCUT2D eigenvalue weighted by Gasteiger charge is 2.15. The average Bonchev–Trinajstić information content (AvgIpc) is 2.98. The first-order chi connectivity index (χ1) is 11.0. The molecule has 1 atom stereocenters. The summed E-state index contributed by atoms with van der Waals surface area (Å²) in [6.45, 7) is 3.71. The minimum Gasteiger partial charge on any atom is -0.479 e. The molecule has 0 aliphatic heterocycles. The number of amides is 1. The molecule has 4 nitrogen and oxygen atoms in total. The van der Waals surface area contributed by atoms with Crippen molar-refractivity contribution >= 4 is 46.7 Å². The molecule has 0 aliphatic rings. The Balaban J connectivity index is 1.89. The van der Waals surface area contributed by atoms with Crippen LogP contribution < -0.4 is 10.2 Å². The fourth-order valence-corrected chi connectivity index (χ4v) is 3.00. The summed E-state index contributed by atoms with van der Waals surface area (Å²) < 4.78 is 5.51. The van der Waals surface area contributed by atoms with E-state index in [1.165, 1.54) is 4.88 Å². The fourth-order valence-electron chi connectivity index (χ4n) is 1.72. The lowest BCUT2D eigenvalue weighted by atomic mass is 10.3. The van der Waals surface area contributed by atoms with E-state index < -0.39 is 6.10 Å². The fraction of sp³-hybridized carbons (Fsp3) is 0.250. The number of aryl methyl sites for hydroxylation is 1. The van der Waals surface area contributed by atoms with E-state index in [2.05, 4.69) is 17.5 Å². The lowest BCUT2D eigenvalue weighted by molar-refractivity contribution is -0.127. The zero-order valence-electron chi connectivity index (χ0n) is 12.7. The summed E-state index contributed by atoms with van der Waals surface area (Å²) in [5.41, 5.74) is 2.45. The molecule has 23 heavy (non-hydrogen) atoms. The number of rotatable bonds is 6. The van der Waals surface area contributed by atoms with Crippen molar-refractivity contribution in [1.82, 2.24) is 5.43 Å². The van der Waals surface area contributed by atoms with Crippen molar-refractivity contribution in [2.75, 3.05) is 0 Å². The van der Waals surface area contributed by atoms with Gasteiger partial charge >= 0.3 is 0 Å². The first-order valence-electron chi connectivity index (χ1n) is 7.03. The number of thiophene rings is 1. The Kier molecular flexibility index (Phi) is 6.45. The van der Waals surface area contributed by atoms with Gasteiger partial charge in [-0.15, -0.1) is 11.3 Å². The predicted octanol–water partition coefficient (Wildman–Crippen LogP) is 4.53. The first-order valence-corrected chi connectivity index (χ1v) is 8.60. The quantitative estimate of drug-likeness (QED) is 0.599. The van der Waals surface area contributed by atoms with Crippen molar-refractivity contribution in [3.63, 3.8) is 0 Å².